The molecule has 6 rings (SSSR count). The van der Waals surface area contributed by atoms with E-state index in [9.17, 15) is 5.11 Å². The van der Waals surface area contributed by atoms with E-state index in [2.05, 4.69) is 45.5 Å². The third-order valence-electron chi connectivity index (χ3n) is 6.68. The number of benzene rings is 4. The number of imidazole rings is 2. The maximum Gasteiger partial charge on any atom is 0.215 e. The second-order valence-corrected chi connectivity index (χ2v) is 8.99. The molecule has 0 spiro atoms. The number of hydrogen-bond donors (Lipinski definition) is 1. The second kappa shape index (κ2) is 9.80. The summed E-state index contributed by atoms with van der Waals surface area (Å²) in [5.41, 5.74) is 6.85. The zero-order valence-electron chi connectivity index (χ0n) is 20.5. The van der Waals surface area contributed by atoms with Crippen LogP contribution in [0.15, 0.2) is 121 Å². The maximum absolute atomic E-state index is 11.3. The van der Waals surface area contributed by atoms with Crippen LogP contribution in [-0.4, -0.2) is 26.2 Å². The third kappa shape index (κ3) is 4.30. The third-order valence-corrected chi connectivity index (χ3v) is 6.68. The van der Waals surface area contributed by atoms with Crippen LogP contribution < -0.4 is 4.74 Å². The van der Waals surface area contributed by atoms with Gasteiger partial charge in [0.05, 0.1) is 36.8 Å². The molecule has 0 amide bonds. The van der Waals surface area contributed by atoms with Gasteiger partial charge in [0, 0.05) is 22.9 Å². The molecule has 6 aromatic rings. The molecule has 37 heavy (non-hydrogen) atoms. The number of rotatable bonds is 7. The summed E-state index contributed by atoms with van der Waals surface area (Å²) in [6.07, 6.45) is 1.42. The number of ether oxygens (including phenoxy) is 1. The van der Waals surface area contributed by atoms with Gasteiger partial charge in [-0.05, 0) is 17.7 Å². The quantitative estimate of drug-likeness (QED) is 0.268. The van der Waals surface area contributed by atoms with Crippen LogP contribution >= 0.6 is 0 Å². The first-order chi connectivity index (χ1) is 18.2. The van der Waals surface area contributed by atoms with Gasteiger partial charge in [0.25, 0.3) is 0 Å². The number of nitrogens with zero attached hydrogens (tertiary/aromatic N) is 3. The second-order valence-electron chi connectivity index (χ2n) is 8.99. The Balaban J connectivity index is 1.61. The van der Waals surface area contributed by atoms with Crippen LogP contribution in [0, 0.1) is 0 Å². The monoisotopic (exact) mass is 485 g/mol. The Labute approximate surface area is 215 Å². The van der Waals surface area contributed by atoms with Crippen molar-refractivity contribution >= 4 is 5.78 Å². The fourth-order valence-corrected chi connectivity index (χ4v) is 4.85. The lowest BCUT2D eigenvalue weighted by atomic mass is 10.0. The number of methoxy groups -OCH3 is 1. The average Bonchev–Trinajstić information content (AvgIpc) is 3.51. The highest BCUT2D eigenvalue weighted by atomic mass is 16.5. The Hall–Kier alpha value is -4.61. The molecule has 1 N–H and O–H groups in total. The molecule has 0 aliphatic carbocycles. The summed E-state index contributed by atoms with van der Waals surface area (Å²) in [7, 11) is 1.67. The van der Waals surface area contributed by atoms with E-state index in [1.54, 1.807) is 7.11 Å². The highest BCUT2D eigenvalue weighted by Crippen LogP contribution is 2.37. The van der Waals surface area contributed by atoms with Crippen LogP contribution in [0.4, 0.5) is 0 Å². The molecule has 0 unspecified atom stereocenters. The van der Waals surface area contributed by atoms with Gasteiger partial charge in [-0.25, -0.2) is 4.98 Å². The van der Waals surface area contributed by atoms with E-state index >= 15 is 0 Å². The number of aliphatic hydroxyl groups is 1. The maximum atomic E-state index is 11.3. The highest BCUT2D eigenvalue weighted by molar-refractivity contribution is 5.82. The summed E-state index contributed by atoms with van der Waals surface area (Å²) >= 11 is 0. The molecule has 182 valence electrons. The van der Waals surface area contributed by atoms with Crippen molar-refractivity contribution < 1.29 is 9.84 Å². The van der Waals surface area contributed by atoms with Gasteiger partial charge in [-0.3, -0.25) is 4.40 Å². The molecule has 0 saturated heterocycles. The van der Waals surface area contributed by atoms with E-state index in [0.29, 0.717) is 6.54 Å². The smallest absolute Gasteiger partial charge is 0.215 e. The van der Waals surface area contributed by atoms with Gasteiger partial charge in [0.2, 0.25) is 5.78 Å². The lowest BCUT2D eigenvalue weighted by Crippen LogP contribution is -2.10. The van der Waals surface area contributed by atoms with Crippen molar-refractivity contribution in [1.82, 2.24) is 14.0 Å². The molecule has 2 heterocycles. The average molecular weight is 486 g/mol. The van der Waals surface area contributed by atoms with Crippen LogP contribution in [0.5, 0.6) is 5.75 Å². The summed E-state index contributed by atoms with van der Waals surface area (Å²) in [5, 5.41) is 11.3. The number of fused-ring (bicyclic) bond motifs is 1. The van der Waals surface area contributed by atoms with Gasteiger partial charge in [0.1, 0.15) is 5.75 Å². The van der Waals surface area contributed by atoms with Crippen LogP contribution in [0.2, 0.25) is 0 Å². The van der Waals surface area contributed by atoms with E-state index in [4.69, 9.17) is 9.72 Å². The van der Waals surface area contributed by atoms with Gasteiger partial charge in [-0.15, -0.1) is 0 Å². The first-order valence-corrected chi connectivity index (χ1v) is 12.3. The summed E-state index contributed by atoms with van der Waals surface area (Å²) in [6, 6.07) is 38.3. The molecule has 0 aliphatic heterocycles. The first-order valence-electron chi connectivity index (χ1n) is 12.3. The summed E-state index contributed by atoms with van der Waals surface area (Å²) in [5.74, 6) is 1.55. The fraction of sp³-hybridized carbons (Fsp3) is 0.0938. The van der Waals surface area contributed by atoms with Crippen LogP contribution in [0.1, 0.15) is 11.7 Å². The molecular weight excluding hydrogens is 458 g/mol. The molecule has 4 aromatic carbocycles. The van der Waals surface area contributed by atoms with Crippen LogP contribution in [0.3, 0.4) is 0 Å². The molecule has 0 fully saturated rings. The minimum Gasteiger partial charge on any atom is -0.497 e. The molecule has 0 radical (unpaired) electrons. The molecule has 0 bridgehead atoms. The van der Waals surface area contributed by atoms with Crippen molar-refractivity contribution in [2.24, 2.45) is 0 Å². The lowest BCUT2D eigenvalue weighted by Gasteiger charge is -2.15. The van der Waals surface area contributed by atoms with E-state index in [-0.39, 0.29) is 0 Å². The lowest BCUT2D eigenvalue weighted by molar-refractivity contribution is 0.158. The predicted octanol–water partition coefficient (Wildman–Crippen LogP) is 6.88. The minimum absolute atomic E-state index is 0.354. The van der Waals surface area contributed by atoms with E-state index < -0.39 is 6.10 Å². The highest BCUT2D eigenvalue weighted by Gasteiger charge is 2.23. The SMILES string of the molecule is COc1cccc(-c2cn3c(-c4ccccc4)c(-c4ccccc4)nc3n2C[C@H](O)c2ccccc2)c1. The topological polar surface area (TPSA) is 51.7 Å². The van der Waals surface area contributed by atoms with Crippen LogP contribution in [0.25, 0.3) is 39.5 Å². The van der Waals surface area contributed by atoms with Crippen molar-refractivity contribution in [3.8, 4) is 39.5 Å². The Morgan fingerprint density at radius 1 is 0.757 bits per heavy atom. The Morgan fingerprint density at radius 3 is 2.05 bits per heavy atom. The Morgan fingerprint density at radius 2 is 1.38 bits per heavy atom. The zero-order chi connectivity index (χ0) is 25.2. The summed E-state index contributed by atoms with van der Waals surface area (Å²) in [6.45, 7) is 0.354. The van der Waals surface area contributed by atoms with Gasteiger partial charge >= 0.3 is 0 Å². The summed E-state index contributed by atoms with van der Waals surface area (Å²) in [4.78, 5) is 5.18. The van der Waals surface area contributed by atoms with Gasteiger partial charge in [-0.2, -0.15) is 0 Å². The van der Waals surface area contributed by atoms with Crippen molar-refractivity contribution in [2.45, 2.75) is 12.6 Å². The Bertz CT molecular complexity index is 1640. The van der Waals surface area contributed by atoms with Gasteiger partial charge in [0.15, 0.2) is 0 Å². The van der Waals surface area contributed by atoms with E-state index in [0.717, 1.165) is 50.9 Å². The zero-order valence-corrected chi connectivity index (χ0v) is 20.5. The molecule has 5 nitrogen and oxygen atoms in total. The predicted molar refractivity (Wildman–Crippen MR) is 147 cm³/mol. The van der Waals surface area contributed by atoms with E-state index in [1.807, 2.05) is 84.9 Å². The van der Waals surface area contributed by atoms with Gasteiger partial charge in [-0.1, -0.05) is 103 Å². The van der Waals surface area contributed by atoms with Crippen molar-refractivity contribution in [3.05, 3.63) is 127 Å². The van der Waals surface area contributed by atoms with Gasteiger partial charge < -0.3 is 14.4 Å². The largest absolute Gasteiger partial charge is 0.497 e. The number of aromatic nitrogens is 3. The van der Waals surface area contributed by atoms with Crippen molar-refractivity contribution in [1.29, 1.82) is 0 Å². The molecule has 0 saturated carbocycles. The molecular formula is C32H27N3O2. The van der Waals surface area contributed by atoms with E-state index in [1.165, 1.54) is 0 Å². The fourth-order valence-electron chi connectivity index (χ4n) is 4.85. The first kappa shape index (κ1) is 22.8. The standard InChI is InChI=1S/C32H27N3O2/c1-37-27-19-11-18-26(20-27)28-21-35-31(25-16-9-4-10-17-25)30(24-14-7-3-8-15-24)33-32(35)34(28)22-29(36)23-12-5-2-6-13-23/h2-21,29,36H,22H2,1H3/t29-/m0/s1. The summed E-state index contributed by atoms with van der Waals surface area (Å²) < 4.78 is 9.76. The van der Waals surface area contributed by atoms with Crippen LogP contribution in [-0.2, 0) is 6.54 Å². The Kier molecular flexibility index (Phi) is 6.05. The normalized spacial score (nSPS) is 12.1. The molecule has 2 aromatic heterocycles. The van der Waals surface area contributed by atoms with Crippen molar-refractivity contribution in [3.63, 3.8) is 0 Å². The molecule has 1 atom stereocenters. The minimum atomic E-state index is -0.696. The molecule has 5 heteroatoms. The molecule has 0 aliphatic rings. The van der Waals surface area contributed by atoms with Crippen molar-refractivity contribution in [2.75, 3.05) is 7.11 Å². The number of aliphatic hydroxyl groups excluding tert-OH is 1. The number of hydrogen-bond acceptors (Lipinski definition) is 3.